The molecule has 0 amide bonds. The molecule has 2 rings (SSSR count). The van der Waals surface area contributed by atoms with Gasteiger partial charge in [0.25, 0.3) is 0 Å². The van der Waals surface area contributed by atoms with Crippen molar-refractivity contribution in [3.05, 3.63) is 24.0 Å². The fourth-order valence-electron chi connectivity index (χ4n) is 1.38. The molecule has 0 fully saturated rings. The minimum absolute atomic E-state index is 0.401. The second kappa shape index (κ2) is 3.65. The molecule has 14 heavy (non-hydrogen) atoms. The molecule has 0 saturated carbocycles. The maximum atomic E-state index is 5.12. The fraction of sp³-hybridized carbons (Fsp3) is 0.400. The standard InChI is InChI=1S/C10H13N3O/c1-7-6-12-10(13-7)9-5-8(14-2)3-4-11-9/h3-5,7H,6H2,1-2H3,(H,12,13). The Morgan fingerprint density at radius 3 is 3.07 bits per heavy atom. The largest absolute Gasteiger partial charge is 0.497 e. The number of methoxy groups -OCH3 is 1. The smallest absolute Gasteiger partial charge is 0.147 e. The maximum Gasteiger partial charge on any atom is 0.147 e. The van der Waals surface area contributed by atoms with Crippen molar-refractivity contribution in [3.63, 3.8) is 0 Å². The molecule has 1 atom stereocenters. The zero-order valence-electron chi connectivity index (χ0n) is 8.32. The first-order chi connectivity index (χ1) is 6.79. The van der Waals surface area contributed by atoms with Gasteiger partial charge in [0.2, 0.25) is 0 Å². The van der Waals surface area contributed by atoms with Gasteiger partial charge < -0.3 is 10.1 Å². The number of ether oxygens (including phenoxy) is 1. The van der Waals surface area contributed by atoms with Gasteiger partial charge in [0.1, 0.15) is 17.3 Å². The van der Waals surface area contributed by atoms with Crippen molar-refractivity contribution in [3.8, 4) is 5.75 Å². The third kappa shape index (κ3) is 1.69. The lowest BCUT2D eigenvalue weighted by atomic mass is 10.3. The molecule has 1 aromatic heterocycles. The van der Waals surface area contributed by atoms with Gasteiger partial charge in [0, 0.05) is 18.3 Å². The summed E-state index contributed by atoms with van der Waals surface area (Å²) >= 11 is 0. The van der Waals surface area contributed by atoms with E-state index in [2.05, 4.69) is 22.2 Å². The van der Waals surface area contributed by atoms with Crippen molar-refractivity contribution in [1.82, 2.24) is 10.3 Å². The first kappa shape index (κ1) is 8.99. The van der Waals surface area contributed by atoms with E-state index < -0.39 is 0 Å². The number of aromatic nitrogens is 1. The lowest BCUT2D eigenvalue weighted by molar-refractivity contribution is 0.414. The summed E-state index contributed by atoms with van der Waals surface area (Å²) in [6, 6.07) is 4.10. The molecular formula is C10H13N3O. The average Bonchev–Trinajstić information content (AvgIpc) is 2.65. The van der Waals surface area contributed by atoms with Gasteiger partial charge in [0.15, 0.2) is 0 Å². The minimum atomic E-state index is 0.401. The van der Waals surface area contributed by atoms with Crippen molar-refractivity contribution < 1.29 is 4.74 Å². The molecule has 4 heteroatoms. The van der Waals surface area contributed by atoms with Gasteiger partial charge in [0.05, 0.1) is 13.7 Å². The molecule has 1 aliphatic heterocycles. The van der Waals surface area contributed by atoms with E-state index >= 15 is 0 Å². The van der Waals surface area contributed by atoms with Crippen LogP contribution in [-0.4, -0.2) is 30.5 Å². The number of pyridine rings is 1. The molecule has 1 unspecified atom stereocenters. The summed E-state index contributed by atoms with van der Waals surface area (Å²) in [7, 11) is 1.64. The number of amidine groups is 1. The Morgan fingerprint density at radius 2 is 2.43 bits per heavy atom. The summed E-state index contributed by atoms with van der Waals surface area (Å²) in [4.78, 5) is 8.58. The summed E-state index contributed by atoms with van der Waals surface area (Å²) < 4.78 is 5.12. The van der Waals surface area contributed by atoms with E-state index in [1.54, 1.807) is 13.3 Å². The van der Waals surface area contributed by atoms with Crippen LogP contribution in [0.15, 0.2) is 23.3 Å². The van der Waals surface area contributed by atoms with E-state index in [0.29, 0.717) is 6.04 Å². The number of hydrogen-bond donors (Lipinski definition) is 1. The van der Waals surface area contributed by atoms with Crippen LogP contribution in [0.3, 0.4) is 0 Å². The molecule has 0 bridgehead atoms. The maximum absolute atomic E-state index is 5.12. The van der Waals surface area contributed by atoms with Crippen LogP contribution < -0.4 is 10.1 Å². The second-order valence-corrected chi connectivity index (χ2v) is 3.32. The van der Waals surface area contributed by atoms with E-state index in [-0.39, 0.29) is 0 Å². The number of hydrogen-bond acceptors (Lipinski definition) is 4. The average molecular weight is 191 g/mol. The van der Waals surface area contributed by atoms with Crippen molar-refractivity contribution >= 4 is 5.84 Å². The van der Waals surface area contributed by atoms with Gasteiger partial charge >= 0.3 is 0 Å². The van der Waals surface area contributed by atoms with Crippen molar-refractivity contribution in [1.29, 1.82) is 0 Å². The lowest BCUT2D eigenvalue weighted by Gasteiger charge is -2.06. The molecule has 0 aromatic carbocycles. The van der Waals surface area contributed by atoms with Crippen molar-refractivity contribution in [2.75, 3.05) is 13.7 Å². The first-order valence-corrected chi connectivity index (χ1v) is 4.61. The Bertz CT molecular complexity index is 362. The predicted octanol–water partition coefficient (Wildman–Crippen LogP) is 0.829. The van der Waals surface area contributed by atoms with E-state index in [1.807, 2.05) is 12.1 Å². The Hall–Kier alpha value is -1.58. The molecule has 1 aromatic rings. The zero-order chi connectivity index (χ0) is 9.97. The summed E-state index contributed by atoms with van der Waals surface area (Å²) in [6.07, 6.45) is 1.72. The monoisotopic (exact) mass is 191 g/mol. The first-order valence-electron chi connectivity index (χ1n) is 4.61. The van der Waals surface area contributed by atoms with Gasteiger partial charge in [-0.1, -0.05) is 0 Å². The highest BCUT2D eigenvalue weighted by molar-refractivity contribution is 5.98. The lowest BCUT2D eigenvalue weighted by Crippen LogP contribution is -2.28. The van der Waals surface area contributed by atoms with Crippen LogP contribution in [-0.2, 0) is 0 Å². The molecule has 0 saturated heterocycles. The Balaban J connectivity index is 2.24. The topological polar surface area (TPSA) is 46.5 Å². The van der Waals surface area contributed by atoms with Crippen LogP contribution >= 0.6 is 0 Å². The fourth-order valence-corrected chi connectivity index (χ4v) is 1.38. The third-order valence-corrected chi connectivity index (χ3v) is 2.12. The zero-order valence-corrected chi connectivity index (χ0v) is 8.32. The Morgan fingerprint density at radius 1 is 1.57 bits per heavy atom. The van der Waals surface area contributed by atoms with Crippen molar-refractivity contribution in [2.24, 2.45) is 4.99 Å². The van der Waals surface area contributed by atoms with Gasteiger partial charge in [-0.05, 0) is 13.0 Å². The van der Waals surface area contributed by atoms with E-state index in [4.69, 9.17) is 4.74 Å². The summed E-state index contributed by atoms with van der Waals surface area (Å²) in [5, 5.41) is 3.25. The van der Waals surface area contributed by atoms with Gasteiger partial charge in [-0.3, -0.25) is 9.98 Å². The number of rotatable bonds is 2. The van der Waals surface area contributed by atoms with Crippen LogP contribution in [0.2, 0.25) is 0 Å². The molecule has 74 valence electrons. The molecule has 4 nitrogen and oxygen atoms in total. The van der Waals surface area contributed by atoms with Gasteiger partial charge in [-0.15, -0.1) is 0 Å². The Kier molecular flexibility index (Phi) is 2.35. The van der Waals surface area contributed by atoms with Crippen LogP contribution in [0.5, 0.6) is 5.75 Å². The van der Waals surface area contributed by atoms with Crippen molar-refractivity contribution in [2.45, 2.75) is 13.0 Å². The Labute approximate surface area is 83.0 Å². The highest BCUT2D eigenvalue weighted by atomic mass is 16.5. The van der Waals surface area contributed by atoms with Crippen LogP contribution in [0, 0.1) is 0 Å². The highest BCUT2D eigenvalue weighted by Gasteiger charge is 2.15. The van der Waals surface area contributed by atoms with Gasteiger partial charge in [-0.2, -0.15) is 0 Å². The highest BCUT2D eigenvalue weighted by Crippen LogP contribution is 2.11. The van der Waals surface area contributed by atoms with Gasteiger partial charge in [-0.25, -0.2) is 0 Å². The molecule has 0 radical (unpaired) electrons. The van der Waals surface area contributed by atoms with Crippen LogP contribution in [0.25, 0.3) is 0 Å². The van der Waals surface area contributed by atoms with E-state index in [0.717, 1.165) is 23.8 Å². The third-order valence-electron chi connectivity index (χ3n) is 2.12. The predicted molar refractivity (Wildman–Crippen MR) is 54.8 cm³/mol. The summed E-state index contributed by atoms with van der Waals surface area (Å²) in [5.74, 6) is 1.66. The molecule has 0 spiro atoms. The number of nitrogens with one attached hydrogen (secondary N) is 1. The second-order valence-electron chi connectivity index (χ2n) is 3.32. The molecule has 1 aliphatic rings. The van der Waals surface area contributed by atoms with E-state index in [1.165, 1.54) is 0 Å². The number of nitrogens with zero attached hydrogens (tertiary/aromatic N) is 2. The minimum Gasteiger partial charge on any atom is -0.497 e. The quantitative estimate of drug-likeness (QED) is 0.753. The molecule has 0 aliphatic carbocycles. The van der Waals surface area contributed by atoms with E-state index in [9.17, 15) is 0 Å². The summed E-state index contributed by atoms with van der Waals surface area (Å²) in [5.41, 5.74) is 0.841. The van der Waals surface area contributed by atoms with Crippen LogP contribution in [0.1, 0.15) is 12.6 Å². The normalized spacial score (nSPS) is 20.1. The SMILES string of the molecule is COc1ccnc(C2=NCC(C)N2)c1. The summed E-state index contributed by atoms with van der Waals surface area (Å²) in [6.45, 7) is 2.91. The number of aliphatic imine (C=N–C) groups is 1. The molecular weight excluding hydrogens is 178 g/mol. The molecule has 2 heterocycles. The molecule has 1 N–H and O–H groups in total. The van der Waals surface area contributed by atoms with Crippen LogP contribution in [0.4, 0.5) is 0 Å².